The van der Waals surface area contributed by atoms with E-state index in [4.69, 9.17) is 5.73 Å². The largest absolute Gasteiger partial charge is 0.361 e. The molecule has 0 aliphatic carbocycles. The number of amides is 1. The van der Waals surface area contributed by atoms with Crippen LogP contribution in [-0.2, 0) is 11.2 Å². The molecule has 2 rings (SSSR count). The summed E-state index contributed by atoms with van der Waals surface area (Å²) in [7, 11) is 0. The number of fused-ring (bicyclic) bond motifs is 1. The number of hydrogen-bond donors (Lipinski definition) is 3. The van der Waals surface area contributed by atoms with Gasteiger partial charge in [-0.05, 0) is 31.4 Å². The van der Waals surface area contributed by atoms with Gasteiger partial charge in [-0.1, -0.05) is 25.1 Å². The van der Waals surface area contributed by atoms with Gasteiger partial charge in [0.2, 0.25) is 5.91 Å². The fourth-order valence-electron chi connectivity index (χ4n) is 2.01. The molecule has 1 aromatic carbocycles. The fraction of sp³-hybridized carbons (Fsp3) is 0.400. The number of carbonyl (C=O) groups is 1. The number of aromatic amines is 1. The van der Waals surface area contributed by atoms with E-state index in [1.807, 2.05) is 31.3 Å². The first-order valence-electron chi connectivity index (χ1n) is 6.67. The van der Waals surface area contributed by atoms with Gasteiger partial charge in [0.15, 0.2) is 0 Å². The van der Waals surface area contributed by atoms with Gasteiger partial charge in [0, 0.05) is 23.6 Å². The zero-order valence-corrected chi connectivity index (χ0v) is 11.5. The van der Waals surface area contributed by atoms with Gasteiger partial charge in [-0.25, -0.2) is 0 Å². The summed E-state index contributed by atoms with van der Waals surface area (Å²) < 4.78 is 0. The Morgan fingerprint density at radius 2 is 2.16 bits per heavy atom. The second-order valence-electron chi connectivity index (χ2n) is 5.14. The molecular formula is C15H21N3O. The summed E-state index contributed by atoms with van der Waals surface area (Å²) in [5.74, 6) is -0.0881. The van der Waals surface area contributed by atoms with Crippen molar-refractivity contribution in [2.24, 2.45) is 5.73 Å². The molecule has 102 valence electrons. The number of benzene rings is 1. The maximum Gasteiger partial charge on any atom is 0.239 e. The first-order chi connectivity index (χ1) is 9.04. The molecule has 4 nitrogen and oxygen atoms in total. The minimum atomic E-state index is -0.778. The minimum absolute atomic E-state index is 0.0881. The number of aromatic nitrogens is 1. The maximum atomic E-state index is 11.8. The molecule has 0 saturated carbocycles. The van der Waals surface area contributed by atoms with Crippen LogP contribution in [0, 0.1) is 0 Å². The van der Waals surface area contributed by atoms with E-state index < -0.39 is 5.54 Å². The molecule has 0 fully saturated rings. The predicted octanol–water partition coefficient (Wildman–Crippen LogP) is 1.95. The molecule has 1 heterocycles. The Hall–Kier alpha value is -1.81. The molecule has 4 N–H and O–H groups in total. The maximum absolute atomic E-state index is 11.8. The van der Waals surface area contributed by atoms with E-state index in [2.05, 4.69) is 16.4 Å². The average molecular weight is 259 g/mol. The smallest absolute Gasteiger partial charge is 0.239 e. The number of para-hydroxylation sites is 1. The van der Waals surface area contributed by atoms with Gasteiger partial charge in [-0.15, -0.1) is 0 Å². The van der Waals surface area contributed by atoms with Crippen LogP contribution >= 0.6 is 0 Å². The molecule has 0 aliphatic rings. The van der Waals surface area contributed by atoms with E-state index in [1.165, 1.54) is 10.9 Å². The number of carbonyl (C=O) groups excluding carboxylic acids is 1. The molecule has 1 amide bonds. The molecule has 0 spiro atoms. The van der Waals surface area contributed by atoms with Crippen LogP contribution in [0.4, 0.5) is 0 Å². The summed E-state index contributed by atoms with van der Waals surface area (Å²) in [5, 5.41) is 4.11. The molecule has 0 saturated heterocycles. The summed E-state index contributed by atoms with van der Waals surface area (Å²) in [6.45, 7) is 4.28. The van der Waals surface area contributed by atoms with Crippen molar-refractivity contribution in [1.82, 2.24) is 10.3 Å². The summed E-state index contributed by atoms with van der Waals surface area (Å²) in [4.78, 5) is 15.1. The van der Waals surface area contributed by atoms with Crippen molar-refractivity contribution < 1.29 is 4.79 Å². The van der Waals surface area contributed by atoms with Crippen molar-refractivity contribution in [3.05, 3.63) is 36.0 Å². The highest BCUT2D eigenvalue weighted by Crippen LogP contribution is 2.17. The molecule has 4 heteroatoms. The number of nitrogens with two attached hydrogens (primary N) is 1. The van der Waals surface area contributed by atoms with E-state index in [0.29, 0.717) is 13.0 Å². The predicted molar refractivity (Wildman–Crippen MR) is 77.9 cm³/mol. The van der Waals surface area contributed by atoms with Gasteiger partial charge in [0.05, 0.1) is 5.54 Å². The van der Waals surface area contributed by atoms with Crippen LogP contribution in [0.3, 0.4) is 0 Å². The zero-order chi connectivity index (χ0) is 13.9. The molecule has 1 atom stereocenters. The lowest BCUT2D eigenvalue weighted by Gasteiger charge is -2.21. The van der Waals surface area contributed by atoms with Crippen molar-refractivity contribution in [1.29, 1.82) is 0 Å². The van der Waals surface area contributed by atoms with E-state index >= 15 is 0 Å². The van der Waals surface area contributed by atoms with Gasteiger partial charge in [-0.3, -0.25) is 4.79 Å². The third-order valence-electron chi connectivity index (χ3n) is 3.61. The lowest BCUT2D eigenvalue weighted by Crippen LogP contribution is -2.51. The fourth-order valence-corrected chi connectivity index (χ4v) is 2.01. The number of rotatable bonds is 5. The Labute approximate surface area is 113 Å². The SMILES string of the molecule is CCC(C)(N)C(=O)NCCc1c[nH]c2ccccc12. The summed E-state index contributed by atoms with van der Waals surface area (Å²) >= 11 is 0. The van der Waals surface area contributed by atoms with Gasteiger partial charge in [0.1, 0.15) is 0 Å². The molecule has 0 bridgehead atoms. The van der Waals surface area contributed by atoms with Gasteiger partial charge >= 0.3 is 0 Å². The van der Waals surface area contributed by atoms with Gasteiger partial charge in [0.25, 0.3) is 0 Å². The monoisotopic (exact) mass is 259 g/mol. The third kappa shape index (κ3) is 2.96. The van der Waals surface area contributed by atoms with E-state index in [1.54, 1.807) is 6.92 Å². The Balaban J connectivity index is 1.95. The van der Waals surface area contributed by atoms with Gasteiger partial charge in [-0.2, -0.15) is 0 Å². The van der Waals surface area contributed by atoms with Crippen LogP contribution in [0.5, 0.6) is 0 Å². The Kier molecular flexibility index (Phi) is 3.90. The van der Waals surface area contributed by atoms with Crippen LogP contribution in [0.1, 0.15) is 25.8 Å². The molecule has 19 heavy (non-hydrogen) atoms. The van der Waals surface area contributed by atoms with E-state index in [9.17, 15) is 4.79 Å². The van der Waals surface area contributed by atoms with Crippen molar-refractivity contribution in [3.63, 3.8) is 0 Å². The van der Waals surface area contributed by atoms with Crippen molar-refractivity contribution >= 4 is 16.8 Å². The van der Waals surface area contributed by atoms with Crippen molar-refractivity contribution in [2.45, 2.75) is 32.2 Å². The Morgan fingerprint density at radius 1 is 1.42 bits per heavy atom. The topological polar surface area (TPSA) is 70.9 Å². The molecule has 1 aromatic heterocycles. The van der Waals surface area contributed by atoms with Crippen molar-refractivity contribution in [3.8, 4) is 0 Å². The molecular weight excluding hydrogens is 238 g/mol. The summed E-state index contributed by atoms with van der Waals surface area (Å²) in [6.07, 6.45) is 3.43. The highest BCUT2D eigenvalue weighted by atomic mass is 16.2. The molecule has 0 radical (unpaired) electrons. The first-order valence-corrected chi connectivity index (χ1v) is 6.67. The van der Waals surface area contributed by atoms with Crippen LogP contribution < -0.4 is 11.1 Å². The second-order valence-corrected chi connectivity index (χ2v) is 5.14. The zero-order valence-electron chi connectivity index (χ0n) is 11.5. The van der Waals surface area contributed by atoms with Crippen LogP contribution in [-0.4, -0.2) is 23.0 Å². The Morgan fingerprint density at radius 3 is 2.89 bits per heavy atom. The number of hydrogen-bond acceptors (Lipinski definition) is 2. The molecule has 1 unspecified atom stereocenters. The number of H-pyrrole nitrogens is 1. The summed E-state index contributed by atoms with van der Waals surface area (Å²) in [6, 6.07) is 8.16. The first kappa shape index (κ1) is 13.6. The van der Waals surface area contributed by atoms with Crippen LogP contribution in [0.2, 0.25) is 0 Å². The average Bonchev–Trinajstić information content (AvgIpc) is 2.82. The second kappa shape index (κ2) is 5.45. The normalized spacial score (nSPS) is 14.3. The molecule has 0 aliphatic heterocycles. The van der Waals surface area contributed by atoms with Crippen LogP contribution in [0.25, 0.3) is 10.9 Å². The highest BCUT2D eigenvalue weighted by Gasteiger charge is 2.25. The lowest BCUT2D eigenvalue weighted by molar-refractivity contribution is -0.125. The lowest BCUT2D eigenvalue weighted by atomic mass is 9.99. The summed E-state index contributed by atoms with van der Waals surface area (Å²) in [5.41, 5.74) is 7.45. The minimum Gasteiger partial charge on any atom is -0.361 e. The third-order valence-corrected chi connectivity index (χ3v) is 3.61. The Bertz CT molecular complexity index is 572. The highest BCUT2D eigenvalue weighted by molar-refractivity contribution is 5.86. The van der Waals surface area contributed by atoms with E-state index in [0.717, 1.165) is 11.9 Å². The quantitative estimate of drug-likeness (QED) is 0.768. The number of nitrogens with one attached hydrogen (secondary N) is 2. The van der Waals surface area contributed by atoms with E-state index in [-0.39, 0.29) is 5.91 Å². The van der Waals surface area contributed by atoms with Crippen LogP contribution in [0.15, 0.2) is 30.5 Å². The van der Waals surface area contributed by atoms with Gasteiger partial charge < -0.3 is 16.0 Å². The van der Waals surface area contributed by atoms with Crippen molar-refractivity contribution in [2.75, 3.05) is 6.54 Å². The molecule has 2 aromatic rings. The standard InChI is InChI=1S/C15H21N3O/c1-3-15(2,16)14(19)17-9-8-11-10-18-13-7-5-4-6-12(11)13/h4-7,10,18H,3,8-9,16H2,1-2H3,(H,17,19).